The quantitative estimate of drug-likeness (QED) is 0.677. The van der Waals surface area contributed by atoms with E-state index >= 15 is 0 Å². The summed E-state index contributed by atoms with van der Waals surface area (Å²) in [4.78, 5) is 8.22. The minimum absolute atomic E-state index is 0.367. The van der Waals surface area contributed by atoms with E-state index in [1.165, 1.54) is 11.1 Å². The molecule has 1 heterocycles. The second-order valence-electron chi connectivity index (χ2n) is 3.48. The Labute approximate surface area is 84.4 Å². The molecule has 1 aliphatic heterocycles. The molecule has 2 rings (SSSR count). The first-order chi connectivity index (χ1) is 6.90. The third-order valence-corrected chi connectivity index (χ3v) is 2.53. The molecule has 1 atom stereocenters. The summed E-state index contributed by atoms with van der Waals surface area (Å²) in [6.07, 6.45) is 4.68. The van der Waals surface area contributed by atoms with Crippen molar-refractivity contribution in [2.45, 2.75) is 19.3 Å². The Morgan fingerprint density at radius 1 is 1.29 bits per heavy atom. The number of benzene rings is 1. The third-order valence-electron chi connectivity index (χ3n) is 2.53. The summed E-state index contributed by atoms with van der Waals surface area (Å²) in [5, 5.41) is 0. The molecule has 0 saturated heterocycles. The van der Waals surface area contributed by atoms with Gasteiger partial charge in [0.2, 0.25) is 0 Å². The Morgan fingerprint density at radius 2 is 2.07 bits per heavy atom. The van der Waals surface area contributed by atoms with E-state index in [0.717, 1.165) is 13.0 Å². The summed E-state index contributed by atoms with van der Waals surface area (Å²) in [5.41, 5.74) is 2.69. The van der Waals surface area contributed by atoms with Gasteiger partial charge in [0, 0.05) is 12.1 Å². The van der Waals surface area contributed by atoms with E-state index in [4.69, 9.17) is 0 Å². The molecule has 0 spiro atoms. The fourth-order valence-electron chi connectivity index (χ4n) is 1.59. The van der Waals surface area contributed by atoms with Crippen molar-refractivity contribution in [3.8, 4) is 0 Å². The van der Waals surface area contributed by atoms with Crippen LogP contribution >= 0.6 is 0 Å². The Bertz CT molecular complexity index is 349. The monoisotopic (exact) mass is 186 g/mol. The van der Waals surface area contributed by atoms with Crippen molar-refractivity contribution < 1.29 is 0 Å². The van der Waals surface area contributed by atoms with Gasteiger partial charge < -0.3 is 0 Å². The summed E-state index contributed by atoms with van der Waals surface area (Å²) in [7, 11) is 0. The standard InChI is InChI=1S/C12H14N2/c1-2-10-3-5-11(6-4-10)12-7-13-9-14-8-12/h3-7,9,12H,2,8H2,1H3. The van der Waals surface area contributed by atoms with Crippen LogP contribution in [0.3, 0.4) is 0 Å². The van der Waals surface area contributed by atoms with Gasteiger partial charge >= 0.3 is 0 Å². The van der Waals surface area contributed by atoms with E-state index in [0.29, 0.717) is 5.92 Å². The SMILES string of the molecule is CCc1ccc(C2C=NC=NC2)cc1. The molecule has 0 bridgehead atoms. The van der Waals surface area contributed by atoms with Crippen LogP contribution in [-0.2, 0) is 6.42 Å². The average molecular weight is 186 g/mol. The first-order valence-electron chi connectivity index (χ1n) is 5.00. The van der Waals surface area contributed by atoms with Crippen LogP contribution in [0.2, 0.25) is 0 Å². The second-order valence-corrected chi connectivity index (χ2v) is 3.48. The van der Waals surface area contributed by atoms with Crippen molar-refractivity contribution in [1.82, 2.24) is 0 Å². The molecule has 0 aromatic heterocycles. The predicted octanol–water partition coefficient (Wildman–Crippen LogP) is 2.45. The van der Waals surface area contributed by atoms with Gasteiger partial charge in [-0.25, -0.2) is 4.99 Å². The number of hydrogen-bond acceptors (Lipinski definition) is 2. The van der Waals surface area contributed by atoms with Crippen molar-refractivity contribution in [2.24, 2.45) is 9.98 Å². The van der Waals surface area contributed by atoms with E-state index in [1.54, 1.807) is 6.34 Å². The first kappa shape index (κ1) is 9.13. The molecule has 0 N–H and O–H groups in total. The lowest BCUT2D eigenvalue weighted by molar-refractivity contribution is 0.895. The Hall–Kier alpha value is -1.44. The van der Waals surface area contributed by atoms with E-state index in [-0.39, 0.29) is 0 Å². The van der Waals surface area contributed by atoms with Crippen LogP contribution in [0, 0.1) is 0 Å². The normalized spacial score (nSPS) is 19.9. The van der Waals surface area contributed by atoms with Crippen molar-refractivity contribution in [3.63, 3.8) is 0 Å². The summed E-state index contributed by atoms with van der Waals surface area (Å²) >= 11 is 0. The molecule has 0 amide bonds. The fourth-order valence-corrected chi connectivity index (χ4v) is 1.59. The molecule has 0 radical (unpaired) electrons. The van der Waals surface area contributed by atoms with Crippen LogP contribution in [0.4, 0.5) is 0 Å². The molecule has 1 aromatic rings. The first-order valence-corrected chi connectivity index (χ1v) is 5.00. The highest BCUT2D eigenvalue weighted by Crippen LogP contribution is 2.16. The minimum Gasteiger partial charge on any atom is -0.272 e. The molecule has 0 aliphatic carbocycles. The topological polar surface area (TPSA) is 24.7 Å². The van der Waals surface area contributed by atoms with Crippen LogP contribution in [0.1, 0.15) is 24.0 Å². The van der Waals surface area contributed by atoms with Crippen LogP contribution in [0.5, 0.6) is 0 Å². The number of rotatable bonds is 2. The number of aryl methyl sites for hydroxylation is 1. The fraction of sp³-hybridized carbons (Fsp3) is 0.333. The minimum atomic E-state index is 0.367. The molecule has 0 saturated carbocycles. The lowest BCUT2D eigenvalue weighted by atomic mass is 9.98. The summed E-state index contributed by atoms with van der Waals surface area (Å²) in [5.74, 6) is 0.367. The highest BCUT2D eigenvalue weighted by molar-refractivity contribution is 5.80. The van der Waals surface area contributed by atoms with Crippen LogP contribution in [-0.4, -0.2) is 19.1 Å². The smallest absolute Gasteiger partial charge is 0.109 e. The molecule has 72 valence electrons. The van der Waals surface area contributed by atoms with Crippen molar-refractivity contribution in [2.75, 3.05) is 6.54 Å². The molecular weight excluding hydrogens is 172 g/mol. The molecule has 2 heteroatoms. The zero-order valence-electron chi connectivity index (χ0n) is 8.35. The summed E-state index contributed by atoms with van der Waals surface area (Å²) in [6.45, 7) is 3.00. The Balaban J connectivity index is 2.16. The summed E-state index contributed by atoms with van der Waals surface area (Å²) < 4.78 is 0. The molecule has 1 aromatic carbocycles. The maximum absolute atomic E-state index is 4.15. The van der Waals surface area contributed by atoms with Crippen LogP contribution < -0.4 is 0 Å². The molecule has 1 unspecified atom stereocenters. The average Bonchev–Trinajstić information content (AvgIpc) is 2.30. The number of aliphatic imine (C=N–C) groups is 2. The van der Waals surface area contributed by atoms with E-state index < -0.39 is 0 Å². The van der Waals surface area contributed by atoms with Gasteiger partial charge in [0.05, 0.1) is 6.54 Å². The molecule has 14 heavy (non-hydrogen) atoms. The van der Waals surface area contributed by atoms with Crippen molar-refractivity contribution in [1.29, 1.82) is 0 Å². The third kappa shape index (κ3) is 1.90. The second kappa shape index (κ2) is 4.18. The van der Waals surface area contributed by atoms with Gasteiger partial charge in [0.25, 0.3) is 0 Å². The summed E-state index contributed by atoms with van der Waals surface area (Å²) in [6, 6.07) is 8.72. The number of hydrogen-bond donors (Lipinski definition) is 0. The zero-order chi connectivity index (χ0) is 9.80. The largest absolute Gasteiger partial charge is 0.272 e. The lowest BCUT2D eigenvalue weighted by Gasteiger charge is -2.12. The Morgan fingerprint density at radius 3 is 2.64 bits per heavy atom. The van der Waals surface area contributed by atoms with Crippen molar-refractivity contribution in [3.05, 3.63) is 35.4 Å². The van der Waals surface area contributed by atoms with Gasteiger partial charge in [-0.3, -0.25) is 4.99 Å². The van der Waals surface area contributed by atoms with Gasteiger partial charge in [-0.1, -0.05) is 31.2 Å². The van der Waals surface area contributed by atoms with Gasteiger partial charge in [-0.05, 0) is 17.5 Å². The lowest BCUT2D eigenvalue weighted by Crippen LogP contribution is -2.07. The van der Waals surface area contributed by atoms with Crippen molar-refractivity contribution >= 4 is 12.6 Å². The van der Waals surface area contributed by atoms with E-state index in [9.17, 15) is 0 Å². The van der Waals surface area contributed by atoms with Gasteiger partial charge in [0.1, 0.15) is 6.34 Å². The molecule has 0 fully saturated rings. The Kier molecular flexibility index (Phi) is 2.73. The number of nitrogens with zero attached hydrogens (tertiary/aromatic N) is 2. The molecule has 2 nitrogen and oxygen atoms in total. The molecule has 1 aliphatic rings. The highest BCUT2D eigenvalue weighted by Gasteiger charge is 2.09. The van der Waals surface area contributed by atoms with Gasteiger partial charge in [-0.2, -0.15) is 0 Å². The van der Waals surface area contributed by atoms with Gasteiger partial charge in [0.15, 0.2) is 0 Å². The van der Waals surface area contributed by atoms with Crippen LogP contribution in [0.15, 0.2) is 34.3 Å². The maximum Gasteiger partial charge on any atom is 0.109 e. The van der Waals surface area contributed by atoms with E-state index in [2.05, 4.69) is 41.2 Å². The highest BCUT2D eigenvalue weighted by atomic mass is 14.9. The zero-order valence-corrected chi connectivity index (χ0v) is 8.35. The van der Waals surface area contributed by atoms with Crippen LogP contribution in [0.25, 0.3) is 0 Å². The van der Waals surface area contributed by atoms with Gasteiger partial charge in [-0.15, -0.1) is 0 Å². The maximum atomic E-state index is 4.15. The predicted molar refractivity (Wildman–Crippen MR) is 60.4 cm³/mol. The van der Waals surface area contributed by atoms with E-state index in [1.807, 2.05) is 6.21 Å². The molecular formula is C12H14N2.